The summed E-state index contributed by atoms with van der Waals surface area (Å²) in [7, 11) is 0. The van der Waals surface area contributed by atoms with E-state index >= 15 is 0 Å². The molecule has 1 aromatic carbocycles. The molecule has 2 rings (SSSR count). The number of hydrogen-bond donors (Lipinski definition) is 0. The summed E-state index contributed by atoms with van der Waals surface area (Å²) < 4.78 is 16.4. The molecule has 6 heteroatoms. The van der Waals surface area contributed by atoms with Gasteiger partial charge in [0.1, 0.15) is 12.2 Å². The Morgan fingerprint density at radius 2 is 1.84 bits per heavy atom. The van der Waals surface area contributed by atoms with Crippen LogP contribution in [-0.4, -0.2) is 61.4 Å². The summed E-state index contributed by atoms with van der Waals surface area (Å²) in [6, 6.07) is 10.2. The van der Waals surface area contributed by atoms with Crippen molar-refractivity contribution in [3.63, 3.8) is 0 Å². The van der Waals surface area contributed by atoms with E-state index in [1.165, 1.54) is 5.56 Å². The minimum atomic E-state index is -0.571. The van der Waals surface area contributed by atoms with E-state index in [0.717, 1.165) is 6.42 Å². The number of terminal acetylenes is 1. The van der Waals surface area contributed by atoms with E-state index in [9.17, 15) is 9.59 Å². The molecule has 1 aliphatic heterocycles. The molecule has 1 aliphatic rings. The van der Waals surface area contributed by atoms with E-state index in [2.05, 4.69) is 25.0 Å². The van der Waals surface area contributed by atoms with Gasteiger partial charge >= 0.3 is 5.97 Å². The fourth-order valence-corrected chi connectivity index (χ4v) is 4.10. The second-order valence-electron chi connectivity index (χ2n) is 9.24. The van der Waals surface area contributed by atoms with Gasteiger partial charge in [0.25, 0.3) is 0 Å². The lowest BCUT2D eigenvalue weighted by Gasteiger charge is -2.43. The summed E-state index contributed by atoms with van der Waals surface area (Å²) in [5, 5.41) is 0. The minimum absolute atomic E-state index is 0.00325. The van der Waals surface area contributed by atoms with Crippen LogP contribution < -0.4 is 0 Å². The van der Waals surface area contributed by atoms with Crippen LogP contribution in [0.2, 0.25) is 0 Å². The van der Waals surface area contributed by atoms with Crippen molar-refractivity contribution in [1.29, 1.82) is 0 Å². The summed E-state index contributed by atoms with van der Waals surface area (Å²) in [4.78, 5) is 27.6. The first kappa shape index (κ1) is 25.9. The number of carbonyl (C=O) groups is 2. The average Bonchev–Trinajstić information content (AvgIpc) is 2.73. The maximum atomic E-state index is 13.3. The molecular formula is C26H37NO5. The van der Waals surface area contributed by atoms with E-state index in [0.29, 0.717) is 39.4 Å². The van der Waals surface area contributed by atoms with Crippen LogP contribution >= 0.6 is 0 Å². The molecule has 0 N–H and O–H groups in total. The molecule has 0 saturated carbocycles. The van der Waals surface area contributed by atoms with Gasteiger partial charge in [0.15, 0.2) is 0 Å². The van der Waals surface area contributed by atoms with E-state index in [-0.39, 0.29) is 30.3 Å². The van der Waals surface area contributed by atoms with E-state index in [1.807, 2.05) is 43.9 Å². The first-order valence-electron chi connectivity index (χ1n) is 11.4. The number of esters is 1. The average molecular weight is 444 g/mol. The van der Waals surface area contributed by atoms with Crippen LogP contribution in [-0.2, 0) is 23.8 Å². The van der Waals surface area contributed by atoms with Gasteiger partial charge in [0.2, 0.25) is 5.91 Å². The highest BCUT2D eigenvalue weighted by Crippen LogP contribution is 2.37. The van der Waals surface area contributed by atoms with Crippen molar-refractivity contribution in [1.82, 2.24) is 4.90 Å². The minimum Gasteiger partial charge on any atom is -0.460 e. The van der Waals surface area contributed by atoms with Gasteiger partial charge in [-0.1, -0.05) is 36.3 Å². The van der Waals surface area contributed by atoms with E-state index < -0.39 is 11.5 Å². The highest BCUT2D eigenvalue weighted by atomic mass is 16.6. The fraction of sp³-hybridized carbons (Fsp3) is 0.615. The number of hydrogen-bond acceptors (Lipinski definition) is 5. The Hall–Kier alpha value is -2.36. The standard InChI is InChI=1S/C26H37NO5/c1-6-14-30-15-10-16-31-17-13-27-20(2)23(21-11-8-7-9-12-21)18-22(25(27)29)19-24(28)32-26(3,4)5/h1,7-9,11-12,20,22-23H,10,13-19H2,2-5H3. The predicted molar refractivity (Wildman–Crippen MR) is 124 cm³/mol. The molecule has 6 nitrogen and oxygen atoms in total. The van der Waals surface area contributed by atoms with Crippen molar-refractivity contribution < 1.29 is 23.8 Å². The van der Waals surface area contributed by atoms with Crippen molar-refractivity contribution in [3.05, 3.63) is 35.9 Å². The molecule has 1 saturated heterocycles. The maximum Gasteiger partial charge on any atom is 0.307 e. The molecule has 0 spiro atoms. The number of piperidine rings is 1. The summed E-state index contributed by atoms with van der Waals surface area (Å²) >= 11 is 0. The largest absolute Gasteiger partial charge is 0.460 e. The maximum absolute atomic E-state index is 13.3. The molecule has 0 aliphatic carbocycles. The SMILES string of the molecule is C#CCOCCCOCCN1C(=O)C(CC(=O)OC(C)(C)C)CC(c2ccccc2)C1C. The van der Waals surface area contributed by atoms with Crippen LogP contribution in [0.25, 0.3) is 0 Å². The number of ether oxygens (including phenoxy) is 3. The zero-order chi connectivity index (χ0) is 23.6. The Morgan fingerprint density at radius 1 is 1.16 bits per heavy atom. The second kappa shape index (κ2) is 12.6. The van der Waals surface area contributed by atoms with Gasteiger partial charge in [-0.2, -0.15) is 0 Å². The van der Waals surface area contributed by atoms with Gasteiger partial charge in [0, 0.05) is 31.0 Å². The lowest BCUT2D eigenvalue weighted by Crippen LogP contribution is -2.52. The van der Waals surface area contributed by atoms with Gasteiger partial charge in [-0.15, -0.1) is 6.42 Å². The number of amides is 1. The molecule has 3 atom stereocenters. The van der Waals surface area contributed by atoms with E-state index in [4.69, 9.17) is 20.6 Å². The Labute approximate surface area is 192 Å². The molecule has 0 aromatic heterocycles. The fourth-order valence-electron chi connectivity index (χ4n) is 4.10. The lowest BCUT2D eigenvalue weighted by atomic mass is 9.78. The highest BCUT2D eigenvalue weighted by molar-refractivity contribution is 5.85. The molecule has 1 heterocycles. The third kappa shape index (κ3) is 8.29. The molecular weight excluding hydrogens is 406 g/mol. The molecule has 1 amide bonds. The summed E-state index contributed by atoms with van der Waals surface area (Å²) in [5.74, 6) is 1.85. The number of nitrogens with zero attached hydrogens (tertiary/aromatic N) is 1. The van der Waals surface area contributed by atoms with Gasteiger partial charge in [0.05, 0.1) is 19.6 Å². The van der Waals surface area contributed by atoms with Crippen LogP contribution in [0.5, 0.6) is 0 Å². The number of carbonyl (C=O) groups excluding carboxylic acids is 2. The molecule has 3 unspecified atom stereocenters. The smallest absolute Gasteiger partial charge is 0.307 e. The van der Waals surface area contributed by atoms with Crippen LogP contribution in [0.3, 0.4) is 0 Å². The molecule has 0 bridgehead atoms. The Balaban J connectivity index is 2.01. The second-order valence-corrected chi connectivity index (χ2v) is 9.24. The lowest BCUT2D eigenvalue weighted by molar-refractivity contribution is -0.160. The van der Waals surface area contributed by atoms with Gasteiger partial charge in [-0.25, -0.2) is 0 Å². The quantitative estimate of drug-likeness (QED) is 0.296. The first-order valence-corrected chi connectivity index (χ1v) is 11.4. The predicted octanol–water partition coefficient (Wildman–Crippen LogP) is 3.80. The topological polar surface area (TPSA) is 65.1 Å². The van der Waals surface area contributed by atoms with Crippen LogP contribution in [0, 0.1) is 18.3 Å². The van der Waals surface area contributed by atoms with Gasteiger partial charge in [-0.05, 0) is 46.1 Å². The monoisotopic (exact) mass is 443 g/mol. The molecule has 176 valence electrons. The van der Waals surface area contributed by atoms with E-state index in [1.54, 1.807) is 0 Å². The number of benzene rings is 1. The number of likely N-dealkylation sites (tertiary alicyclic amines) is 1. The normalized spacial score (nSPS) is 21.3. The van der Waals surface area contributed by atoms with Crippen LogP contribution in [0.4, 0.5) is 0 Å². The van der Waals surface area contributed by atoms with Crippen LogP contribution in [0.1, 0.15) is 58.4 Å². The van der Waals surface area contributed by atoms with Crippen LogP contribution in [0.15, 0.2) is 30.3 Å². The third-order valence-corrected chi connectivity index (χ3v) is 5.54. The molecule has 0 radical (unpaired) electrons. The molecule has 32 heavy (non-hydrogen) atoms. The zero-order valence-electron chi connectivity index (χ0n) is 19.8. The molecule has 1 fully saturated rings. The van der Waals surface area contributed by atoms with Crippen molar-refractivity contribution in [2.45, 2.75) is 64.5 Å². The third-order valence-electron chi connectivity index (χ3n) is 5.54. The molecule has 1 aromatic rings. The van der Waals surface area contributed by atoms with Crippen molar-refractivity contribution >= 4 is 11.9 Å². The zero-order valence-corrected chi connectivity index (χ0v) is 19.8. The Morgan fingerprint density at radius 3 is 2.50 bits per heavy atom. The Kier molecular flexibility index (Phi) is 10.2. The van der Waals surface area contributed by atoms with Gasteiger partial charge < -0.3 is 19.1 Å². The summed E-state index contributed by atoms with van der Waals surface area (Å²) in [6.45, 7) is 9.91. The van der Waals surface area contributed by atoms with Crippen molar-refractivity contribution in [2.24, 2.45) is 5.92 Å². The Bertz CT molecular complexity index is 765. The highest BCUT2D eigenvalue weighted by Gasteiger charge is 2.41. The number of rotatable bonds is 11. The van der Waals surface area contributed by atoms with Gasteiger partial charge in [-0.3, -0.25) is 9.59 Å². The van der Waals surface area contributed by atoms with Crippen molar-refractivity contribution in [2.75, 3.05) is 33.0 Å². The summed E-state index contributed by atoms with van der Waals surface area (Å²) in [5.41, 5.74) is 0.608. The van der Waals surface area contributed by atoms with Crippen molar-refractivity contribution in [3.8, 4) is 12.3 Å². The summed E-state index contributed by atoms with van der Waals surface area (Å²) in [6.07, 6.45) is 6.63. The first-order chi connectivity index (χ1) is 15.2.